The number of rotatable bonds is 7. The van der Waals surface area contributed by atoms with Crippen LogP contribution in [-0.4, -0.2) is 26.7 Å². The van der Waals surface area contributed by atoms with Gasteiger partial charge in [-0.25, -0.2) is 4.98 Å². The second-order valence-electron chi connectivity index (χ2n) is 5.86. The number of thiophene rings is 1. The Morgan fingerprint density at radius 1 is 1.22 bits per heavy atom. The zero-order valence-electron chi connectivity index (χ0n) is 14.5. The average Bonchev–Trinajstić information content (AvgIpc) is 3.34. The molecule has 0 bridgehead atoms. The van der Waals surface area contributed by atoms with Gasteiger partial charge >= 0.3 is 0 Å². The van der Waals surface area contributed by atoms with Crippen molar-refractivity contribution in [2.45, 2.75) is 22.9 Å². The highest BCUT2D eigenvalue weighted by molar-refractivity contribution is 8.01. The van der Waals surface area contributed by atoms with E-state index < -0.39 is 0 Å². The molecule has 6 nitrogen and oxygen atoms in total. The second-order valence-corrected chi connectivity index (χ2v) is 9.46. The maximum atomic E-state index is 12.2. The van der Waals surface area contributed by atoms with Gasteiger partial charge in [-0.05, 0) is 36.9 Å². The number of para-hydroxylation sites is 1. The van der Waals surface area contributed by atoms with Crippen LogP contribution in [0.4, 0.5) is 5.13 Å². The summed E-state index contributed by atoms with van der Waals surface area (Å²) in [4.78, 5) is 21.0. The highest BCUT2D eigenvalue weighted by Gasteiger charge is 2.15. The number of H-pyrrole nitrogens is 1. The molecule has 27 heavy (non-hydrogen) atoms. The van der Waals surface area contributed by atoms with Crippen molar-refractivity contribution in [1.82, 2.24) is 20.2 Å². The minimum atomic E-state index is -0.115. The van der Waals surface area contributed by atoms with Crippen LogP contribution in [-0.2, 0) is 6.42 Å². The molecule has 3 aromatic heterocycles. The van der Waals surface area contributed by atoms with Crippen molar-refractivity contribution in [3.8, 4) is 0 Å². The van der Waals surface area contributed by atoms with Crippen molar-refractivity contribution >= 4 is 50.5 Å². The summed E-state index contributed by atoms with van der Waals surface area (Å²) < 4.78 is 0.844. The average molecular weight is 416 g/mol. The van der Waals surface area contributed by atoms with Crippen LogP contribution >= 0.6 is 34.4 Å². The van der Waals surface area contributed by atoms with Crippen LogP contribution in [0.2, 0.25) is 0 Å². The Bertz CT molecular complexity index is 1090. The van der Waals surface area contributed by atoms with Crippen LogP contribution < -0.4 is 10.9 Å². The topological polar surface area (TPSA) is 83.6 Å². The molecule has 4 rings (SSSR count). The Balaban J connectivity index is 1.40. The molecule has 0 spiro atoms. The fourth-order valence-electron chi connectivity index (χ4n) is 2.58. The second kappa shape index (κ2) is 8.20. The first-order chi connectivity index (χ1) is 13.2. The van der Waals surface area contributed by atoms with Gasteiger partial charge in [0.2, 0.25) is 5.13 Å². The number of hydrogen-bond donors (Lipinski definition) is 2. The van der Waals surface area contributed by atoms with Gasteiger partial charge in [-0.15, -0.1) is 21.5 Å². The summed E-state index contributed by atoms with van der Waals surface area (Å²) in [6.45, 7) is 2.83. The lowest BCUT2D eigenvalue weighted by molar-refractivity contribution is 0.916. The lowest BCUT2D eigenvalue weighted by Gasteiger charge is -2.08. The van der Waals surface area contributed by atoms with E-state index in [1.54, 1.807) is 29.2 Å². The van der Waals surface area contributed by atoms with E-state index in [1.165, 1.54) is 16.2 Å². The predicted molar refractivity (Wildman–Crippen MR) is 113 cm³/mol. The minimum absolute atomic E-state index is 0.0331. The van der Waals surface area contributed by atoms with E-state index in [2.05, 4.69) is 43.0 Å². The van der Waals surface area contributed by atoms with E-state index in [0.29, 0.717) is 16.7 Å². The first-order valence-electron chi connectivity index (χ1n) is 8.44. The number of aromatic amines is 1. The van der Waals surface area contributed by atoms with Gasteiger partial charge < -0.3 is 10.3 Å². The molecule has 3 heterocycles. The van der Waals surface area contributed by atoms with Crippen LogP contribution in [0, 0.1) is 0 Å². The molecule has 0 saturated carbocycles. The molecule has 4 aromatic rings. The Morgan fingerprint density at radius 3 is 2.96 bits per heavy atom. The number of benzene rings is 1. The van der Waals surface area contributed by atoms with Crippen molar-refractivity contribution in [1.29, 1.82) is 0 Å². The number of thioether (sulfide) groups is 1. The van der Waals surface area contributed by atoms with Crippen molar-refractivity contribution in [3.63, 3.8) is 0 Å². The summed E-state index contributed by atoms with van der Waals surface area (Å²) in [5.41, 5.74) is 0.591. The molecule has 138 valence electrons. The Kier molecular flexibility index (Phi) is 5.51. The standard InChI is InChI=1S/C18H17N5OS3/c1-11(15-20-14-7-3-2-6-13(14)16(24)21-15)26-18-23-22-17(27-18)19-9-8-12-5-4-10-25-12/h2-7,10-11H,8-9H2,1H3,(H,19,22)(H,20,21,24)/t11-/m1/s1. The largest absolute Gasteiger partial charge is 0.360 e. The molecule has 0 aliphatic heterocycles. The quantitative estimate of drug-likeness (QED) is 0.437. The number of fused-ring (bicyclic) bond motifs is 1. The number of aromatic nitrogens is 4. The summed E-state index contributed by atoms with van der Waals surface area (Å²) >= 11 is 4.81. The monoisotopic (exact) mass is 415 g/mol. The van der Waals surface area contributed by atoms with Gasteiger partial charge in [0, 0.05) is 11.4 Å². The van der Waals surface area contributed by atoms with Crippen LogP contribution in [0.25, 0.3) is 10.9 Å². The molecule has 2 N–H and O–H groups in total. The smallest absolute Gasteiger partial charge is 0.258 e. The molecular formula is C18H17N5OS3. The first kappa shape index (κ1) is 18.1. The fraction of sp³-hybridized carbons (Fsp3) is 0.222. The number of nitrogens with zero attached hydrogens (tertiary/aromatic N) is 3. The highest BCUT2D eigenvalue weighted by Crippen LogP contribution is 2.36. The normalized spacial score (nSPS) is 12.3. The molecule has 0 amide bonds. The summed E-state index contributed by atoms with van der Waals surface area (Å²) in [5, 5.41) is 15.2. The maximum absolute atomic E-state index is 12.2. The lowest BCUT2D eigenvalue weighted by Crippen LogP contribution is -2.12. The van der Waals surface area contributed by atoms with E-state index >= 15 is 0 Å². The van der Waals surface area contributed by atoms with Gasteiger partial charge in [0.25, 0.3) is 5.56 Å². The third-order valence-electron chi connectivity index (χ3n) is 3.93. The summed E-state index contributed by atoms with van der Waals surface area (Å²) in [7, 11) is 0. The van der Waals surface area contributed by atoms with Crippen molar-refractivity contribution in [2.24, 2.45) is 0 Å². The number of anilines is 1. The minimum Gasteiger partial charge on any atom is -0.360 e. The van der Waals surface area contributed by atoms with E-state index in [0.717, 1.165) is 22.4 Å². The Morgan fingerprint density at radius 2 is 2.11 bits per heavy atom. The maximum Gasteiger partial charge on any atom is 0.258 e. The SMILES string of the molecule is C[C@@H](Sc1nnc(NCCc2cccs2)s1)c1nc2ccccc2c(=O)[nH]1. The van der Waals surface area contributed by atoms with Crippen molar-refractivity contribution in [3.05, 3.63) is 62.8 Å². The zero-order chi connectivity index (χ0) is 18.6. The van der Waals surface area contributed by atoms with Gasteiger partial charge in [-0.3, -0.25) is 4.79 Å². The van der Waals surface area contributed by atoms with Gasteiger partial charge in [-0.1, -0.05) is 41.3 Å². The molecular weight excluding hydrogens is 398 g/mol. The van der Waals surface area contributed by atoms with Crippen molar-refractivity contribution in [2.75, 3.05) is 11.9 Å². The summed E-state index contributed by atoms with van der Waals surface area (Å²) in [6.07, 6.45) is 0.971. The van der Waals surface area contributed by atoms with E-state index in [1.807, 2.05) is 25.1 Å². The molecule has 0 aliphatic carbocycles. The van der Waals surface area contributed by atoms with Gasteiger partial charge in [0.1, 0.15) is 5.82 Å². The van der Waals surface area contributed by atoms with E-state index in [-0.39, 0.29) is 10.8 Å². The van der Waals surface area contributed by atoms with Crippen LogP contribution in [0.1, 0.15) is 22.9 Å². The number of nitrogens with one attached hydrogen (secondary N) is 2. The highest BCUT2D eigenvalue weighted by atomic mass is 32.2. The molecule has 0 radical (unpaired) electrons. The molecule has 1 atom stereocenters. The Labute approximate surface area is 168 Å². The summed E-state index contributed by atoms with van der Waals surface area (Å²) in [5.74, 6) is 0.645. The van der Waals surface area contributed by atoms with Gasteiger partial charge in [0.05, 0.1) is 16.2 Å². The van der Waals surface area contributed by atoms with Crippen LogP contribution in [0.3, 0.4) is 0 Å². The predicted octanol–water partition coefficient (Wildman–Crippen LogP) is 4.34. The zero-order valence-corrected chi connectivity index (χ0v) is 17.0. The molecule has 0 aliphatic rings. The summed E-state index contributed by atoms with van der Waals surface area (Å²) in [6, 6.07) is 11.5. The fourth-order valence-corrected chi connectivity index (χ4v) is 5.27. The van der Waals surface area contributed by atoms with Crippen LogP contribution in [0.5, 0.6) is 0 Å². The Hall–Kier alpha value is -2.23. The molecule has 0 unspecified atom stereocenters. The molecule has 9 heteroatoms. The van der Waals surface area contributed by atoms with Crippen LogP contribution in [0.15, 0.2) is 50.9 Å². The van der Waals surface area contributed by atoms with Crippen molar-refractivity contribution < 1.29 is 0 Å². The lowest BCUT2D eigenvalue weighted by atomic mass is 10.2. The molecule has 1 aromatic carbocycles. The van der Waals surface area contributed by atoms with Gasteiger partial charge in [-0.2, -0.15) is 0 Å². The molecule has 0 fully saturated rings. The number of hydrogen-bond acceptors (Lipinski definition) is 8. The first-order valence-corrected chi connectivity index (χ1v) is 11.0. The van der Waals surface area contributed by atoms with E-state index in [9.17, 15) is 4.79 Å². The van der Waals surface area contributed by atoms with Gasteiger partial charge in [0.15, 0.2) is 4.34 Å². The van der Waals surface area contributed by atoms with E-state index in [4.69, 9.17) is 0 Å². The third-order valence-corrected chi connectivity index (χ3v) is 6.94. The molecule has 0 saturated heterocycles. The third kappa shape index (κ3) is 4.37.